The zero-order chi connectivity index (χ0) is 10.0. The van der Waals surface area contributed by atoms with E-state index in [0.717, 1.165) is 31.4 Å². The van der Waals surface area contributed by atoms with Gasteiger partial charge in [0.1, 0.15) is 5.41 Å². The van der Waals surface area contributed by atoms with Crippen LogP contribution >= 0.6 is 0 Å². The van der Waals surface area contributed by atoms with E-state index in [2.05, 4.69) is 11.1 Å². The summed E-state index contributed by atoms with van der Waals surface area (Å²) in [6.45, 7) is 0. The second kappa shape index (κ2) is 3.30. The molecule has 0 bridgehead atoms. The number of hydrogen-bond donors (Lipinski definition) is 1. The van der Waals surface area contributed by atoms with E-state index < -0.39 is 5.41 Å². The van der Waals surface area contributed by atoms with Crippen LogP contribution in [0.5, 0.6) is 0 Å². The number of aromatic nitrogens is 1. The molecule has 0 aromatic carbocycles. The first-order valence-corrected chi connectivity index (χ1v) is 4.91. The average Bonchev–Trinajstić information content (AvgIpc) is 2.68. The summed E-state index contributed by atoms with van der Waals surface area (Å²) >= 11 is 0. The van der Waals surface area contributed by atoms with Crippen LogP contribution < -0.4 is 5.73 Å². The maximum Gasteiger partial charge on any atom is 0.101 e. The summed E-state index contributed by atoms with van der Waals surface area (Å²) in [4.78, 5) is 4.26. The fraction of sp³-hybridized carbons (Fsp3) is 0.455. The van der Waals surface area contributed by atoms with Crippen molar-refractivity contribution in [2.45, 2.75) is 31.1 Å². The van der Waals surface area contributed by atoms with Crippen LogP contribution in [0, 0.1) is 11.3 Å². The normalized spacial score (nSPS) is 19.1. The largest absolute Gasteiger partial charge is 0.397 e. The maximum atomic E-state index is 9.25. The highest BCUT2D eigenvalue weighted by molar-refractivity contribution is 5.49. The van der Waals surface area contributed by atoms with Gasteiger partial charge in [0.15, 0.2) is 0 Å². The van der Waals surface area contributed by atoms with Crippen molar-refractivity contribution in [1.29, 1.82) is 5.26 Å². The molecule has 2 N–H and O–H groups in total. The topological polar surface area (TPSA) is 62.7 Å². The minimum atomic E-state index is -0.411. The van der Waals surface area contributed by atoms with Gasteiger partial charge in [-0.3, -0.25) is 4.98 Å². The molecule has 0 amide bonds. The zero-order valence-corrected chi connectivity index (χ0v) is 8.03. The standard InChI is InChI=1S/C11H13N3/c12-8-11(5-1-2-6-11)10-9(13)4-3-7-14-10/h3-4,7H,1-2,5-6,13H2. The van der Waals surface area contributed by atoms with Crippen molar-refractivity contribution in [3.63, 3.8) is 0 Å². The molecule has 14 heavy (non-hydrogen) atoms. The lowest BCUT2D eigenvalue weighted by atomic mass is 9.83. The minimum Gasteiger partial charge on any atom is -0.397 e. The summed E-state index contributed by atoms with van der Waals surface area (Å²) in [5, 5.41) is 9.25. The van der Waals surface area contributed by atoms with Crippen molar-refractivity contribution in [3.05, 3.63) is 24.0 Å². The van der Waals surface area contributed by atoms with Crippen LogP contribution in [0.25, 0.3) is 0 Å². The number of rotatable bonds is 1. The van der Waals surface area contributed by atoms with Crippen LogP contribution in [-0.4, -0.2) is 4.98 Å². The maximum absolute atomic E-state index is 9.25. The lowest BCUT2D eigenvalue weighted by Gasteiger charge is -2.20. The van der Waals surface area contributed by atoms with Gasteiger partial charge in [0, 0.05) is 6.20 Å². The predicted molar refractivity (Wildman–Crippen MR) is 54.4 cm³/mol. The number of hydrogen-bond acceptors (Lipinski definition) is 3. The number of anilines is 1. The van der Waals surface area contributed by atoms with Gasteiger partial charge in [-0.05, 0) is 25.0 Å². The van der Waals surface area contributed by atoms with Gasteiger partial charge in [-0.25, -0.2) is 0 Å². The molecule has 1 aromatic heterocycles. The SMILES string of the molecule is N#CC1(c2ncccc2N)CCCC1. The molecule has 0 aliphatic heterocycles. The molecule has 0 spiro atoms. The highest BCUT2D eigenvalue weighted by atomic mass is 14.8. The van der Waals surface area contributed by atoms with E-state index in [1.54, 1.807) is 12.3 Å². The number of nitrogen functional groups attached to an aromatic ring is 1. The van der Waals surface area contributed by atoms with Crippen molar-refractivity contribution < 1.29 is 0 Å². The van der Waals surface area contributed by atoms with Gasteiger partial charge in [-0.15, -0.1) is 0 Å². The fourth-order valence-corrected chi connectivity index (χ4v) is 2.20. The third kappa shape index (κ3) is 1.24. The molecule has 0 unspecified atom stereocenters. The van der Waals surface area contributed by atoms with Crippen LogP contribution in [0.1, 0.15) is 31.4 Å². The molecule has 1 saturated carbocycles. The highest BCUT2D eigenvalue weighted by Gasteiger charge is 2.38. The first kappa shape index (κ1) is 9.01. The van der Waals surface area contributed by atoms with E-state index in [-0.39, 0.29) is 0 Å². The molecule has 3 heteroatoms. The lowest BCUT2D eigenvalue weighted by Crippen LogP contribution is -2.22. The second-order valence-electron chi connectivity index (χ2n) is 3.84. The van der Waals surface area contributed by atoms with Crippen LogP contribution in [-0.2, 0) is 5.41 Å². The Bertz CT molecular complexity index is 372. The van der Waals surface area contributed by atoms with Gasteiger partial charge in [0.25, 0.3) is 0 Å². The Morgan fingerprint density at radius 1 is 1.43 bits per heavy atom. The molecule has 72 valence electrons. The van der Waals surface area contributed by atoms with Crippen molar-refractivity contribution in [2.24, 2.45) is 0 Å². The molecule has 1 aromatic rings. The Hall–Kier alpha value is -1.56. The van der Waals surface area contributed by atoms with Gasteiger partial charge in [0.2, 0.25) is 0 Å². The summed E-state index contributed by atoms with van der Waals surface area (Å²) in [5.74, 6) is 0. The Balaban J connectivity index is 2.47. The molecule has 1 heterocycles. The monoisotopic (exact) mass is 187 g/mol. The second-order valence-corrected chi connectivity index (χ2v) is 3.84. The van der Waals surface area contributed by atoms with Gasteiger partial charge < -0.3 is 5.73 Å². The number of pyridine rings is 1. The molecule has 1 aliphatic rings. The van der Waals surface area contributed by atoms with Crippen LogP contribution in [0.4, 0.5) is 5.69 Å². The van der Waals surface area contributed by atoms with E-state index in [1.165, 1.54) is 0 Å². The molecule has 0 saturated heterocycles. The molecule has 0 radical (unpaired) electrons. The van der Waals surface area contributed by atoms with E-state index >= 15 is 0 Å². The molecule has 2 rings (SSSR count). The quantitative estimate of drug-likeness (QED) is 0.731. The first-order chi connectivity index (χ1) is 6.78. The van der Waals surface area contributed by atoms with Gasteiger partial charge in [-0.2, -0.15) is 5.26 Å². The number of nitrogens with two attached hydrogens (primary N) is 1. The smallest absolute Gasteiger partial charge is 0.101 e. The molecule has 1 fully saturated rings. The Morgan fingerprint density at radius 3 is 2.71 bits per heavy atom. The van der Waals surface area contributed by atoms with E-state index in [4.69, 9.17) is 5.73 Å². The lowest BCUT2D eigenvalue weighted by molar-refractivity contribution is 0.556. The Morgan fingerprint density at radius 2 is 2.14 bits per heavy atom. The van der Waals surface area contributed by atoms with Gasteiger partial charge in [0.05, 0.1) is 17.5 Å². The van der Waals surface area contributed by atoms with Crippen molar-refractivity contribution in [1.82, 2.24) is 4.98 Å². The van der Waals surface area contributed by atoms with Crippen molar-refractivity contribution in [3.8, 4) is 6.07 Å². The van der Waals surface area contributed by atoms with Crippen LogP contribution in [0.3, 0.4) is 0 Å². The van der Waals surface area contributed by atoms with Gasteiger partial charge in [-0.1, -0.05) is 12.8 Å². The van der Waals surface area contributed by atoms with Crippen molar-refractivity contribution >= 4 is 5.69 Å². The fourth-order valence-electron chi connectivity index (χ4n) is 2.20. The Labute approximate surface area is 83.6 Å². The Kier molecular flexibility index (Phi) is 2.12. The molecular formula is C11H13N3. The number of nitriles is 1. The summed E-state index contributed by atoms with van der Waals surface area (Å²) < 4.78 is 0. The number of nitrogens with zero attached hydrogens (tertiary/aromatic N) is 2. The summed E-state index contributed by atoms with van der Waals surface area (Å²) in [5.41, 5.74) is 6.86. The highest BCUT2D eigenvalue weighted by Crippen LogP contribution is 2.41. The molecule has 1 aliphatic carbocycles. The summed E-state index contributed by atoms with van der Waals surface area (Å²) in [6, 6.07) is 6.02. The average molecular weight is 187 g/mol. The van der Waals surface area contributed by atoms with Crippen molar-refractivity contribution in [2.75, 3.05) is 5.73 Å². The summed E-state index contributed by atoms with van der Waals surface area (Å²) in [6.07, 6.45) is 5.70. The minimum absolute atomic E-state index is 0.411. The first-order valence-electron chi connectivity index (χ1n) is 4.91. The summed E-state index contributed by atoms with van der Waals surface area (Å²) in [7, 11) is 0. The van der Waals surface area contributed by atoms with E-state index in [1.807, 2.05) is 6.07 Å². The molecule has 3 nitrogen and oxygen atoms in total. The van der Waals surface area contributed by atoms with E-state index in [9.17, 15) is 5.26 Å². The van der Waals surface area contributed by atoms with Gasteiger partial charge >= 0.3 is 0 Å². The van der Waals surface area contributed by atoms with Crippen LogP contribution in [0.2, 0.25) is 0 Å². The van der Waals surface area contributed by atoms with Crippen LogP contribution in [0.15, 0.2) is 18.3 Å². The zero-order valence-electron chi connectivity index (χ0n) is 8.03. The third-order valence-corrected chi connectivity index (χ3v) is 2.96. The third-order valence-electron chi connectivity index (χ3n) is 2.96. The van der Waals surface area contributed by atoms with E-state index in [0.29, 0.717) is 5.69 Å². The molecule has 0 atom stereocenters. The predicted octanol–water partition coefficient (Wildman–Crippen LogP) is 2.00. The molecular weight excluding hydrogens is 174 g/mol.